The number of carbonyl (C=O) groups is 1. The van der Waals surface area contributed by atoms with Gasteiger partial charge in [-0.05, 0) is 19.1 Å². The topological polar surface area (TPSA) is 69.0 Å². The molecule has 0 aliphatic rings. The average molecular weight is 246 g/mol. The molecule has 2 aromatic rings. The van der Waals surface area contributed by atoms with Gasteiger partial charge in [-0.25, -0.2) is 4.79 Å². The molecule has 94 valence electrons. The van der Waals surface area contributed by atoms with Gasteiger partial charge in [0.25, 0.3) is 0 Å². The smallest absolute Gasteiger partial charge is 0.410 e. The predicted octanol–water partition coefficient (Wildman–Crippen LogP) is 1.66. The Balaban J connectivity index is 1.94. The molecule has 1 unspecified atom stereocenters. The molecule has 6 heteroatoms. The molecule has 1 aromatic heterocycles. The van der Waals surface area contributed by atoms with Crippen molar-refractivity contribution in [2.45, 2.75) is 13.0 Å². The number of amides is 1. The molecule has 0 spiro atoms. The van der Waals surface area contributed by atoms with Gasteiger partial charge in [-0.2, -0.15) is 0 Å². The quantitative estimate of drug-likeness (QED) is 0.894. The fourth-order valence-corrected chi connectivity index (χ4v) is 1.55. The molecule has 1 N–H and O–H groups in total. The highest BCUT2D eigenvalue weighted by molar-refractivity contribution is 5.70. The number of ether oxygens (including phenoxy) is 1. The molecular formula is C12H14N4O2. The Labute approximate surface area is 105 Å². The highest BCUT2D eigenvalue weighted by atomic mass is 16.6. The van der Waals surface area contributed by atoms with Crippen LogP contribution in [0.2, 0.25) is 0 Å². The maximum Gasteiger partial charge on any atom is 0.413 e. The summed E-state index contributed by atoms with van der Waals surface area (Å²) in [5, 5.41) is 10.4. The fourth-order valence-electron chi connectivity index (χ4n) is 1.55. The Bertz CT molecular complexity index is 524. The third kappa shape index (κ3) is 2.85. The molecule has 0 fully saturated rings. The van der Waals surface area contributed by atoms with Crippen LogP contribution < -0.4 is 10.1 Å². The van der Waals surface area contributed by atoms with E-state index in [1.54, 1.807) is 35.2 Å². The van der Waals surface area contributed by atoms with E-state index in [2.05, 4.69) is 15.5 Å². The van der Waals surface area contributed by atoms with Crippen molar-refractivity contribution < 1.29 is 9.53 Å². The predicted molar refractivity (Wildman–Crippen MR) is 65.0 cm³/mol. The van der Waals surface area contributed by atoms with Gasteiger partial charge in [-0.1, -0.05) is 18.2 Å². The van der Waals surface area contributed by atoms with Crippen molar-refractivity contribution in [2.75, 3.05) is 0 Å². The number of hydrogen-bond donors (Lipinski definition) is 1. The number of aryl methyl sites for hydroxylation is 1. The van der Waals surface area contributed by atoms with E-state index in [1.165, 1.54) is 0 Å². The molecule has 1 atom stereocenters. The summed E-state index contributed by atoms with van der Waals surface area (Å²) in [7, 11) is 1.82. The van der Waals surface area contributed by atoms with Crippen LogP contribution in [0.3, 0.4) is 0 Å². The molecular weight excluding hydrogens is 232 g/mol. The minimum atomic E-state index is -0.517. The molecule has 0 aliphatic carbocycles. The lowest BCUT2D eigenvalue weighted by molar-refractivity contribution is 0.196. The first-order valence-corrected chi connectivity index (χ1v) is 5.54. The van der Waals surface area contributed by atoms with Crippen molar-refractivity contribution in [3.05, 3.63) is 42.5 Å². The maximum atomic E-state index is 11.6. The van der Waals surface area contributed by atoms with Crippen molar-refractivity contribution >= 4 is 6.09 Å². The molecule has 0 bridgehead atoms. The van der Waals surface area contributed by atoms with E-state index < -0.39 is 6.09 Å². The minimum Gasteiger partial charge on any atom is -0.410 e. The molecule has 18 heavy (non-hydrogen) atoms. The van der Waals surface area contributed by atoms with E-state index in [0.29, 0.717) is 11.6 Å². The van der Waals surface area contributed by atoms with E-state index >= 15 is 0 Å². The third-order valence-electron chi connectivity index (χ3n) is 2.42. The Morgan fingerprint density at radius 3 is 2.72 bits per heavy atom. The number of rotatable bonds is 3. The number of hydrogen-bond acceptors (Lipinski definition) is 4. The molecule has 1 amide bonds. The lowest BCUT2D eigenvalue weighted by atomic mass is 10.3. The molecule has 0 aliphatic heterocycles. The van der Waals surface area contributed by atoms with E-state index in [4.69, 9.17) is 4.74 Å². The van der Waals surface area contributed by atoms with Gasteiger partial charge in [0, 0.05) is 7.05 Å². The Morgan fingerprint density at radius 1 is 1.39 bits per heavy atom. The zero-order valence-electron chi connectivity index (χ0n) is 10.2. The van der Waals surface area contributed by atoms with Crippen LogP contribution in [0.5, 0.6) is 5.75 Å². The summed E-state index contributed by atoms with van der Waals surface area (Å²) < 4.78 is 6.86. The van der Waals surface area contributed by atoms with Crippen LogP contribution in [-0.2, 0) is 7.05 Å². The SMILES string of the molecule is CC(NC(=O)Oc1ccccc1)c1nncn1C. The molecule has 6 nitrogen and oxygen atoms in total. The largest absolute Gasteiger partial charge is 0.413 e. The first kappa shape index (κ1) is 12.1. The number of nitrogens with zero attached hydrogens (tertiary/aromatic N) is 3. The lowest BCUT2D eigenvalue weighted by Gasteiger charge is -2.12. The zero-order chi connectivity index (χ0) is 13.0. The number of aromatic nitrogens is 3. The second-order valence-corrected chi connectivity index (χ2v) is 3.87. The number of benzene rings is 1. The summed E-state index contributed by atoms with van der Waals surface area (Å²) >= 11 is 0. The van der Waals surface area contributed by atoms with Crippen LogP contribution in [0.25, 0.3) is 0 Å². The molecule has 2 rings (SSSR count). The monoisotopic (exact) mass is 246 g/mol. The van der Waals surface area contributed by atoms with Crippen LogP contribution >= 0.6 is 0 Å². The van der Waals surface area contributed by atoms with Crippen molar-refractivity contribution in [1.82, 2.24) is 20.1 Å². The van der Waals surface area contributed by atoms with Crippen molar-refractivity contribution in [1.29, 1.82) is 0 Å². The summed E-state index contributed by atoms with van der Waals surface area (Å²) in [6.45, 7) is 1.82. The standard InChI is InChI=1S/C12H14N4O2/c1-9(11-15-13-8-16(11)2)14-12(17)18-10-6-4-3-5-7-10/h3-9H,1-2H3,(H,14,17). The first-order chi connectivity index (χ1) is 8.66. The molecule has 0 radical (unpaired) electrons. The van der Waals surface area contributed by atoms with Crippen molar-refractivity contribution in [2.24, 2.45) is 7.05 Å². The molecule has 1 aromatic carbocycles. The summed E-state index contributed by atoms with van der Waals surface area (Å²) in [4.78, 5) is 11.6. The molecule has 1 heterocycles. The van der Waals surface area contributed by atoms with Gasteiger partial charge >= 0.3 is 6.09 Å². The van der Waals surface area contributed by atoms with Crippen molar-refractivity contribution in [3.63, 3.8) is 0 Å². The summed E-state index contributed by atoms with van der Waals surface area (Å²) in [6.07, 6.45) is 1.06. The van der Waals surface area contributed by atoms with Crippen molar-refractivity contribution in [3.8, 4) is 5.75 Å². The van der Waals surface area contributed by atoms with Gasteiger partial charge in [0.1, 0.15) is 12.1 Å². The van der Waals surface area contributed by atoms with E-state index in [9.17, 15) is 4.79 Å². The lowest BCUT2D eigenvalue weighted by Crippen LogP contribution is -2.30. The zero-order valence-corrected chi connectivity index (χ0v) is 10.2. The Kier molecular flexibility index (Phi) is 3.57. The second-order valence-electron chi connectivity index (χ2n) is 3.87. The molecule has 0 saturated heterocycles. The van der Waals surface area contributed by atoms with Crippen LogP contribution in [0.4, 0.5) is 4.79 Å². The number of carbonyl (C=O) groups excluding carboxylic acids is 1. The number of para-hydroxylation sites is 1. The minimum absolute atomic E-state index is 0.270. The van der Waals surface area contributed by atoms with Crippen LogP contribution in [0, 0.1) is 0 Å². The van der Waals surface area contributed by atoms with Gasteiger partial charge in [-0.3, -0.25) is 0 Å². The fraction of sp³-hybridized carbons (Fsp3) is 0.250. The summed E-state index contributed by atoms with van der Waals surface area (Å²) in [5.74, 6) is 1.17. The van der Waals surface area contributed by atoms with Gasteiger partial charge in [0.15, 0.2) is 5.82 Å². The van der Waals surface area contributed by atoms with E-state index in [1.807, 2.05) is 20.0 Å². The van der Waals surface area contributed by atoms with Crippen LogP contribution in [-0.4, -0.2) is 20.9 Å². The molecule has 0 saturated carbocycles. The normalized spacial score (nSPS) is 11.9. The summed E-state index contributed by atoms with van der Waals surface area (Å²) in [6, 6.07) is 8.61. The highest BCUT2D eigenvalue weighted by Gasteiger charge is 2.15. The number of nitrogens with one attached hydrogen (secondary N) is 1. The second kappa shape index (κ2) is 5.31. The van der Waals surface area contributed by atoms with Gasteiger partial charge in [0.2, 0.25) is 0 Å². The average Bonchev–Trinajstić information content (AvgIpc) is 2.76. The maximum absolute atomic E-state index is 11.6. The van der Waals surface area contributed by atoms with Gasteiger partial charge in [0.05, 0.1) is 6.04 Å². The van der Waals surface area contributed by atoms with Crippen LogP contribution in [0.15, 0.2) is 36.7 Å². The first-order valence-electron chi connectivity index (χ1n) is 5.54. The van der Waals surface area contributed by atoms with E-state index in [-0.39, 0.29) is 6.04 Å². The third-order valence-corrected chi connectivity index (χ3v) is 2.42. The van der Waals surface area contributed by atoms with E-state index in [0.717, 1.165) is 0 Å². The van der Waals surface area contributed by atoms with Crippen LogP contribution in [0.1, 0.15) is 18.8 Å². The Hall–Kier alpha value is -2.37. The highest BCUT2D eigenvalue weighted by Crippen LogP contribution is 2.11. The summed E-state index contributed by atoms with van der Waals surface area (Å²) in [5.41, 5.74) is 0. The Morgan fingerprint density at radius 2 is 2.11 bits per heavy atom. The van der Waals surface area contributed by atoms with Gasteiger partial charge in [-0.15, -0.1) is 10.2 Å². The van der Waals surface area contributed by atoms with Gasteiger partial charge < -0.3 is 14.6 Å².